The van der Waals surface area contributed by atoms with Gasteiger partial charge in [0.25, 0.3) is 0 Å². The lowest BCUT2D eigenvalue weighted by Crippen LogP contribution is -2.37. The van der Waals surface area contributed by atoms with Crippen LogP contribution >= 0.6 is 0 Å². The van der Waals surface area contributed by atoms with E-state index in [1.807, 2.05) is 32.2 Å². The van der Waals surface area contributed by atoms with E-state index in [4.69, 9.17) is 0 Å². The predicted octanol–water partition coefficient (Wildman–Crippen LogP) is 3.42. The zero-order chi connectivity index (χ0) is 15.6. The normalized spacial score (nSPS) is 16.0. The molecule has 0 atom stereocenters. The van der Waals surface area contributed by atoms with E-state index in [2.05, 4.69) is 20.6 Å². The number of aliphatic imine (C=N–C) groups is 1. The Labute approximate surface area is 134 Å². The van der Waals surface area contributed by atoms with Gasteiger partial charge in [0.05, 0.1) is 12.2 Å². The molecule has 0 saturated heterocycles. The number of nitrogens with one attached hydrogen (secondary N) is 2. The van der Waals surface area contributed by atoms with Gasteiger partial charge in [0, 0.05) is 19.3 Å². The summed E-state index contributed by atoms with van der Waals surface area (Å²) in [5.41, 5.74) is 2.10. The molecule has 22 heavy (non-hydrogen) atoms. The molecule has 122 valence electrons. The fourth-order valence-electron chi connectivity index (χ4n) is 3.16. The third-order valence-corrected chi connectivity index (χ3v) is 4.41. The number of guanidine groups is 1. The van der Waals surface area contributed by atoms with Gasteiger partial charge >= 0.3 is 0 Å². The van der Waals surface area contributed by atoms with Gasteiger partial charge in [0.15, 0.2) is 5.96 Å². The number of unbranched alkanes of at least 4 members (excludes halogenated alkanes) is 1. The first kappa shape index (κ1) is 16.8. The molecule has 4 nitrogen and oxygen atoms in total. The van der Waals surface area contributed by atoms with E-state index in [9.17, 15) is 0 Å². The molecular weight excluding hydrogens is 272 g/mol. The van der Waals surface area contributed by atoms with Crippen molar-refractivity contribution in [2.75, 3.05) is 13.6 Å². The van der Waals surface area contributed by atoms with Crippen molar-refractivity contribution >= 4 is 5.96 Å². The highest BCUT2D eigenvalue weighted by Crippen LogP contribution is 2.28. The van der Waals surface area contributed by atoms with E-state index in [1.165, 1.54) is 44.9 Å². The quantitative estimate of drug-likeness (QED) is 0.461. The highest BCUT2D eigenvalue weighted by molar-refractivity contribution is 5.79. The maximum absolute atomic E-state index is 4.49. The molecule has 1 heterocycles. The SMILES string of the molecule is CN=C(NCCCCC1CCCC1)NCc1cccc(C)n1. The van der Waals surface area contributed by atoms with Crippen molar-refractivity contribution in [3.63, 3.8) is 0 Å². The molecule has 4 heteroatoms. The van der Waals surface area contributed by atoms with Gasteiger partial charge in [-0.05, 0) is 31.4 Å². The second-order valence-corrected chi connectivity index (χ2v) is 6.27. The van der Waals surface area contributed by atoms with E-state index in [0.29, 0.717) is 6.54 Å². The van der Waals surface area contributed by atoms with E-state index in [-0.39, 0.29) is 0 Å². The number of hydrogen-bond acceptors (Lipinski definition) is 2. The Kier molecular flexibility index (Phi) is 7.20. The van der Waals surface area contributed by atoms with Crippen LogP contribution in [-0.2, 0) is 6.54 Å². The minimum absolute atomic E-state index is 0.712. The van der Waals surface area contributed by atoms with Gasteiger partial charge in [-0.25, -0.2) is 0 Å². The van der Waals surface area contributed by atoms with Gasteiger partial charge in [-0.3, -0.25) is 9.98 Å². The Morgan fingerprint density at radius 1 is 1.23 bits per heavy atom. The van der Waals surface area contributed by atoms with Crippen LogP contribution in [0.25, 0.3) is 0 Å². The number of nitrogens with zero attached hydrogens (tertiary/aromatic N) is 2. The van der Waals surface area contributed by atoms with Crippen LogP contribution in [0.2, 0.25) is 0 Å². The monoisotopic (exact) mass is 302 g/mol. The summed E-state index contributed by atoms with van der Waals surface area (Å²) in [6.07, 6.45) is 9.77. The van der Waals surface area contributed by atoms with Gasteiger partial charge in [-0.2, -0.15) is 0 Å². The third-order valence-electron chi connectivity index (χ3n) is 4.41. The smallest absolute Gasteiger partial charge is 0.191 e. The second-order valence-electron chi connectivity index (χ2n) is 6.27. The minimum atomic E-state index is 0.712. The van der Waals surface area contributed by atoms with Crippen molar-refractivity contribution in [1.29, 1.82) is 0 Å². The van der Waals surface area contributed by atoms with Crippen molar-refractivity contribution < 1.29 is 0 Å². The Bertz CT molecular complexity index is 464. The standard InChI is InChI=1S/C18H30N4/c1-15-8-7-12-17(22-15)14-21-18(19-2)20-13-6-5-11-16-9-3-4-10-16/h7-8,12,16H,3-6,9-11,13-14H2,1-2H3,(H2,19,20,21). The zero-order valence-electron chi connectivity index (χ0n) is 14.1. The van der Waals surface area contributed by atoms with Crippen LogP contribution in [0.5, 0.6) is 0 Å². The Hall–Kier alpha value is -1.58. The molecule has 0 aromatic carbocycles. The molecule has 0 amide bonds. The van der Waals surface area contributed by atoms with Crippen LogP contribution in [-0.4, -0.2) is 24.5 Å². The summed E-state index contributed by atoms with van der Waals surface area (Å²) >= 11 is 0. The molecule has 0 unspecified atom stereocenters. The largest absolute Gasteiger partial charge is 0.356 e. The molecule has 0 spiro atoms. The Morgan fingerprint density at radius 3 is 2.77 bits per heavy atom. The number of rotatable bonds is 7. The van der Waals surface area contributed by atoms with Crippen LogP contribution in [0.15, 0.2) is 23.2 Å². The third kappa shape index (κ3) is 6.04. The molecule has 1 aromatic rings. The summed E-state index contributed by atoms with van der Waals surface area (Å²) < 4.78 is 0. The molecule has 1 aromatic heterocycles. The van der Waals surface area contributed by atoms with Crippen LogP contribution in [0.1, 0.15) is 56.3 Å². The molecule has 1 aliphatic rings. The number of hydrogen-bond donors (Lipinski definition) is 2. The first-order valence-electron chi connectivity index (χ1n) is 8.65. The fourth-order valence-corrected chi connectivity index (χ4v) is 3.16. The summed E-state index contributed by atoms with van der Waals surface area (Å²) in [5, 5.41) is 6.71. The van der Waals surface area contributed by atoms with Gasteiger partial charge in [0.2, 0.25) is 0 Å². The summed E-state index contributed by atoms with van der Waals surface area (Å²) in [5.74, 6) is 1.87. The van der Waals surface area contributed by atoms with Crippen molar-refractivity contribution in [1.82, 2.24) is 15.6 Å². The Morgan fingerprint density at radius 2 is 2.05 bits per heavy atom. The van der Waals surface area contributed by atoms with Crippen molar-refractivity contribution in [2.24, 2.45) is 10.9 Å². The molecule has 1 fully saturated rings. The van der Waals surface area contributed by atoms with Crippen LogP contribution in [0.3, 0.4) is 0 Å². The maximum atomic E-state index is 4.49. The first-order chi connectivity index (χ1) is 10.8. The lowest BCUT2D eigenvalue weighted by Gasteiger charge is -2.12. The lowest BCUT2D eigenvalue weighted by atomic mass is 10.0. The highest BCUT2D eigenvalue weighted by atomic mass is 15.2. The van der Waals surface area contributed by atoms with Crippen LogP contribution < -0.4 is 10.6 Å². The topological polar surface area (TPSA) is 49.3 Å². The van der Waals surface area contributed by atoms with Crippen molar-refractivity contribution in [3.05, 3.63) is 29.6 Å². The summed E-state index contributed by atoms with van der Waals surface area (Å²) in [4.78, 5) is 8.76. The minimum Gasteiger partial charge on any atom is -0.356 e. The molecule has 2 N–H and O–H groups in total. The summed E-state index contributed by atoms with van der Waals surface area (Å²) in [6, 6.07) is 6.09. The summed E-state index contributed by atoms with van der Waals surface area (Å²) in [6.45, 7) is 3.72. The molecule has 0 aliphatic heterocycles. The first-order valence-corrected chi connectivity index (χ1v) is 8.65. The zero-order valence-corrected chi connectivity index (χ0v) is 14.1. The van der Waals surface area contributed by atoms with Gasteiger partial charge in [0.1, 0.15) is 0 Å². The second kappa shape index (κ2) is 9.44. The predicted molar refractivity (Wildman–Crippen MR) is 93.0 cm³/mol. The molecule has 1 aliphatic carbocycles. The maximum Gasteiger partial charge on any atom is 0.191 e. The molecular formula is C18H30N4. The molecule has 2 rings (SSSR count). The average Bonchev–Trinajstić information content (AvgIpc) is 3.03. The molecule has 0 radical (unpaired) electrons. The number of pyridine rings is 1. The van der Waals surface area contributed by atoms with E-state index >= 15 is 0 Å². The fraction of sp³-hybridized carbons (Fsp3) is 0.667. The number of aryl methyl sites for hydroxylation is 1. The van der Waals surface area contributed by atoms with Crippen LogP contribution in [0.4, 0.5) is 0 Å². The number of aromatic nitrogens is 1. The van der Waals surface area contributed by atoms with Crippen molar-refractivity contribution in [2.45, 2.75) is 58.4 Å². The average molecular weight is 302 g/mol. The van der Waals surface area contributed by atoms with E-state index < -0.39 is 0 Å². The van der Waals surface area contributed by atoms with Crippen LogP contribution in [0, 0.1) is 12.8 Å². The molecule has 0 bridgehead atoms. The molecule has 1 saturated carbocycles. The van der Waals surface area contributed by atoms with Gasteiger partial charge in [-0.15, -0.1) is 0 Å². The Balaban J connectivity index is 1.58. The van der Waals surface area contributed by atoms with Crippen molar-refractivity contribution in [3.8, 4) is 0 Å². The highest BCUT2D eigenvalue weighted by Gasteiger charge is 2.13. The van der Waals surface area contributed by atoms with E-state index in [1.54, 1.807) is 0 Å². The van der Waals surface area contributed by atoms with Gasteiger partial charge in [-0.1, -0.05) is 44.6 Å². The summed E-state index contributed by atoms with van der Waals surface area (Å²) in [7, 11) is 1.82. The van der Waals surface area contributed by atoms with Gasteiger partial charge < -0.3 is 10.6 Å². The lowest BCUT2D eigenvalue weighted by molar-refractivity contribution is 0.472. The van der Waals surface area contributed by atoms with E-state index in [0.717, 1.165) is 29.8 Å².